The van der Waals surface area contributed by atoms with Crippen LogP contribution in [0.15, 0.2) is 66.9 Å². The van der Waals surface area contributed by atoms with Crippen molar-refractivity contribution in [2.75, 3.05) is 11.1 Å². The van der Waals surface area contributed by atoms with E-state index < -0.39 is 0 Å². The Morgan fingerprint density at radius 1 is 1.00 bits per heavy atom. The first kappa shape index (κ1) is 18.7. The van der Waals surface area contributed by atoms with E-state index in [4.69, 9.17) is 5.73 Å². The lowest BCUT2D eigenvalue weighted by atomic mass is 9.97. The Bertz CT molecular complexity index is 1470. The number of carbonyl (C=O) groups is 1. The number of imidazole rings is 1. The van der Waals surface area contributed by atoms with Gasteiger partial charge in [-0.15, -0.1) is 0 Å². The van der Waals surface area contributed by atoms with Gasteiger partial charge >= 0.3 is 0 Å². The summed E-state index contributed by atoms with van der Waals surface area (Å²) in [5.74, 6) is 0.544. The highest BCUT2D eigenvalue weighted by atomic mass is 16.1. The third-order valence-electron chi connectivity index (χ3n) is 5.42. The van der Waals surface area contributed by atoms with Gasteiger partial charge in [-0.25, -0.2) is 15.0 Å². The molecule has 2 heterocycles. The van der Waals surface area contributed by atoms with Crippen LogP contribution in [-0.2, 0) is 7.05 Å². The van der Waals surface area contributed by atoms with Crippen molar-refractivity contribution in [2.24, 2.45) is 7.05 Å². The summed E-state index contributed by atoms with van der Waals surface area (Å²) in [6.45, 7) is 2.02. The van der Waals surface area contributed by atoms with Gasteiger partial charge in [0.15, 0.2) is 0 Å². The number of hydrogen-bond donors (Lipinski definition) is 2. The Balaban J connectivity index is 1.49. The Labute approximate surface area is 178 Å². The van der Waals surface area contributed by atoms with Gasteiger partial charge in [0.2, 0.25) is 11.9 Å². The number of nitrogens with zero attached hydrogens (tertiary/aromatic N) is 4. The first-order valence-corrected chi connectivity index (χ1v) is 9.86. The van der Waals surface area contributed by atoms with Gasteiger partial charge in [-0.05, 0) is 60.0 Å². The standard InChI is InChI=1S/C24H20N6O/c1-14-7-8-16(22(31)29-24-28-20-5-3-4-6-21(20)30(24)2)12-18(14)15-9-10-19-17(11-15)13-26-23(25)27-19/h3-13H,1-2H3,(H2,25,26,27)(H,28,29,31). The van der Waals surface area contributed by atoms with Crippen molar-refractivity contribution < 1.29 is 4.79 Å². The van der Waals surface area contributed by atoms with Crippen LogP contribution in [0.1, 0.15) is 15.9 Å². The smallest absolute Gasteiger partial charge is 0.257 e. The van der Waals surface area contributed by atoms with Crippen LogP contribution < -0.4 is 11.1 Å². The van der Waals surface area contributed by atoms with E-state index in [0.29, 0.717) is 11.5 Å². The maximum absolute atomic E-state index is 13.0. The van der Waals surface area contributed by atoms with Gasteiger partial charge in [-0.3, -0.25) is 10.1 Å². The Kier molecular flexibility index (Phi) is 4.36. The number of carbonyl (C=O) groups excluding carboxylic acids is 1. The van der Waals surface area contributed by atoms with Crippen LogP contribution in [0.4, 0.5) is 11.9 Å². The second-order valence-electron chi connectivity index (χ2n) is 7.47. The van der Waals surface area contributed by atoms with Crippen molar-refractivity contribution in [3.63, 3.8) is 0 Å². The normalized spacial score (nSPS) is 11.2. The van der Waals surface area contributed by atoms with E-state index in [0.717, 1.165) is 38.6 Å². The van der Waals surface area contributed by atoms with Crippen molar-refractivity contribution in [3.05, 3.63) is 78.0 Å². The molecule has 2 aromatic heterocycles. The summed E-state index contributed by atoms with van der Waals surface area (Å²) in [6.07, 6.45) is 1.71. The third kappa shape index (κ3) is 3.36. The zero-order chi connectivity index (χ0) is 21.5. The minimum Gasteiger partial charge on any atom is -0.368 e. The van der Waals surface area contributed by atoms with E-state index >= 15 is 0 Å². The van der Waals surface area contributed by atoms with Gasteiger partial charge < -0.3 is 10.3 Å². The molecule has 0 aliphatic rings. The predicted molar refractivity (Wildman–Crippen MR) is 123 cm³/mol. The molecule has 3 N–H and O–H groups in total. The number of benzene rings is 3. The molecule has 0 spiro atoms. The highest BCUT2D eigenvalue weighted by Gasteiger charge is 2.14. The van der Waals surface area contributed by atoms with Crippen LogP contribution in [0.3, 0.4) is 0 Å². The Hall–Kier alpha value is -4.26. The zero-order valence-corrected chi connectivity index (χ0v) is 17.1. The van der Waals surface area contributed by atoms with Crippen LogP contribution in [-0.4, -0.2) is 25.4 Å². The number of aryl methyl sites for hydroxylation is 2. The van der Waals surface area contributed by atoms with E-state index in [1.807, 2.05) is 79.2 Å². The second kappa shape index (κ2) is 7.21. The number of nitrogens with two attached hydrogens (primary N) is 1. The zero-order valence-electron chi connectivity index (χ0n) is 17.1. The molecule has 5 aromatic rings. The summed E-state index contributed by atoms with van der Waals surface area (Å²) in [5, 5.41) is 3.82. The second-order valence-corrected chi connectivity index (χ2v) is 7.47. The van der Waals surface area contributed by atoms with Crippen LogP contribution in [0.2, 0.25) is 0 Å². The predicted octanol–water partition coefficient (Wildman–Crippen LogP) is 4.33. The highest BCUT2D eigenvalue weighted by Crippen LogP contribution is 2.28. The minimum atomic E-state index is -0.212. The number of fused-ring (bicyclic) bond motifs is 2. The number of hydrogen-bond acceptors (Lipinski definition) is 5. The molecule has 31 heavy (non-hydrogen) atoms. The van der Waals surface area contributed by atoms with E-state index in [9.17, 15) is 4.79 Å². The molecule has 152 valence electrons. The lowest BCUT2D eigenvalue weighted by Crippen LogP contribution is -2.15. The van der Waals surface area contributed by atoms with Crippen molar-refractivity contribution in [1.29, 1.82) is 0 Å². The van der Waals surface area contributed by atoms with Crippen LogP contribution in [0.25, 0.3) is 33.1 Å². The lowest BCUT2D eigenvalue weighted by molar-refractivity contribution is 0.102. The lowest BCUT2D eigenvalue weighted by Gasteiger charge is -2.11. The van der Waals surface area contributed by atoms with E-state index in [1.54, 1.807) is 6.20 Å². The van der Waals surface area contributed by atoms with Crippen molar-refractivity contribution in [3.8, 4) is 11.1 Å². The van der Waals surface area contributed by atoms with E-state index in [1.165, 1.54) is 0 Å². The molecule has 0 fully saturated rings. The first-order chi connectivity index (χ1) is 15.0. The summed E-state index contributed by atoms with van der Waals surface area (Å²) in [7, 11) is 1.88. The average molecular weight is 408 g/mol. The van der Waals surface area contributed by atoms with Gasteiger partial charge in [-0.1, -0.05) is 24.3 Å². The quantitative estimate of drug-likeness (QED) is 0.463. The molecule has 0 aliphatic carbocycles. The molecular weight excluding hydrogens is 388 g/mol. The summed E-state index contributed by atoms with van der Waals surface area (Å²) in [6, 6.07) is 19.3. The molecule has 5 rings (SSSR count). The average Bonchev–Trinajstić information content (AvgIpc) is 3.09. The van der Waals surface area contributed by atoms with Crippen LogP contribution in [0, 0.1) is 6.92 Å². The van der Waals surface area contributed by atoms with E-state index in [-0.39, 0.29) is 11.9 Å². The molecule has 0 atom stereocenters. The molecule has 7 heteroatoms. The highest BCUT2D eigenvalue weighted by molar-refractivity contribution is 6.05. The van der Waals surface area contributed by atoms with Gasteiger partial charge in [0.25, 0.3) is 5.91 Å². The molecular formula is C24H20N6O. The summed E-state index contributed by atoms with van der Waals surface area (Å²) in [5.41, 5.74) is 11.8. The minimum absolute atomic E-state index is 0.212. The molecule has 0 aliphatic heterocycles. The summed E-state index contributed by atoms with van der Waals surface area (Å²) >= 11 is 0. The molecule has 7 nitrogen and oxygen atoms in total. The molecule has 3 aromatic carbocycles. The third-order valence-corrected chi connectivity index (χ3v) is 5.42. The molecule has 0 radical (unpaired) electrons. The van der Waals surface area contributed by atoms with Crippen LogP contribution >= 0.6 is 0 Å². The first-order valence-electron chi connectivity index (χ1n) is 9.86. The van der Waals surface area contributed by atoms with Gasteiger partial charge in [-0.2, -0.15) is 0 Å². The Morgan fingerprint density at radius 2 is 1.84 bits per heavy atom. The number of amides is 1. The maximum Gasteiger partial charge on any atom is 0.257 e. The van der Waals surface area contributed by atoms with Gasteiger partial charge in [0, 0.05) is 24.2 Å². The summed E-state index contributed by atoms with van der Waals surface area (Å²) < 4.78 is 1.87. The molecule has 1 amide bonds. The van der Waals surface area contributed by atoms with Crippen molar-refractivity contribution >= 4 is 39.7 Å². The molecule has 0 unspecified atom stereocenters. The topological polar surface area (TPSA) is 98.7 Å². The van der Waals surface area contributed by atoms with Crippen molar-refractivity contribution in [2.45, 2.75) is 6.92 Å². The number of para-hydroxylation sites is 2. The van der Waals surface area contributed by atoms with Crippen molar-refractivity contribution in [1.82, 2.24) is 19.5 Å². The fraction of sp³-hybridized carbons (Fsp3) is 0.0833. The number of nitrogens with one attached hydrogen (secondary N) is 1. The number of aromatic nitrogens is 4. The van der Waals surface area contributed by atoms with Gasteiger partial charge in [0.1, 0.15) is 0 Å². The molecule has 0 saturated heterocycles. The number of rotatable bonds is 3. The van der Waals surface area contributed by atoms with Crippen LogP contribution in [0.5, 0.6) is 0 Å². The van der Waals surface area contributed by atoms with E-state index in [2.05, 4.69) is 20.3 Å². The maximum atomic E-state index is 13.0. The number of nitrogen functional groups attached to an aromatic ring is 1. The molecule has 0 bridgehead atoms. The monoisotopic (exact) mass is 408 g/mol. The summed E-state index contributed by atoms with van der Waals surface area (Å²) in [4.78, 5) is 25.8. The fourth-order valence-corrected chi connectivity index (χ4v) is 3.72. The fourth-order valence-electron chi connectivity index (χ4n) is 3.72. The largest absolute Gasteiger partial charge is 0.368 e. The SMILES string of the molecule is Cc1ccc(C(=O)Nc2nc3ccccc3n2C)cc1-c1ccc2nc(N)ncc2c1. The Morgan fingerprint density at radius 3 is 2.68 bits per heavy atom. The van der Waals surface area contributed by atoms with Gasteiger partial charge in [0.05, 0.1) is 16.6 Å². The number of anilines is 2. The molecule has 0 saturated carbocycles.